The predicted molar refractivity (Wildman–Crippen MR) is 155 cm³/mol. The van der Waals surface area contributed by atoms with Gasteiger partial charge in [-0.2, -0.15) is 0 Å². The van der Waals surface area contributed by atoms with Crippen LogP contribution in [-0.2, 0) is 27.9 Å². The lowest BCUT2D eigenvalue weighted by molar-refractivity contribution is -0.147. The standard InChI is InChI=1S/C29H56NO8P/c1-3-4-5-6-7-8-9-10-11-12-13-14-15-16-17-18-19-20-21-22-29(33)36-25-28(32)26-38-39(34,35)37-24-23-30-27(2)31/h10-11,28,32H,3-9,12-26H2,1-2H3,(H,30,31)(H,34,35)/b11-10+. The molecule has 0 aromatic rings. The third-order valence-corrected chi connectivity index (χ3v) is 7.22. The maximum atomic E-state index is 11.8. The zero-order valence-electron chi connectivity index (χ0n) is 24.6. The second-order valence-corrected chi connectivity index (χ2v) is 11.6. The number of phosphoric acid groups is 1. The van der Waals surface area contributed by atoms with Gasteiger partial charge in [-0.15, -0.1) is 0 Å². The summed E-state index contributed by atoms with van der Waals surface area (Å²) >= 11 is 0. The van der Waals surface area contributed by atoms with E-state index in [9.17, 15) is 24.2 Å². The Balaban J connectivity index is 3.48. The van der Waals surface area contributed by atoms with Crippen molar-refractivity contribution in [3.63, 3.8) is 0 Å². The Morgan fingerprint density at radius 3 is 1.85 bits per heavy atom. The SMILES string of the molecule is CCCCCCCC/C=C/CCCCCCCCCCCC(=O)OCC(O)COP(=O)(O)OCCNC(C)=O. The molecule has 0 radical (unpaired) electrons. The number of aliphatic hydroxyl groups excluding tert-OH is 1. The molecule has 0 saturated heterocycles. The molecule has 0 rings (SSSR count). The number of nitrogens with one attached hydrogen (secondary N) is 1. The van der Waals surface area contributed by atoms with Gasteiger partial charge in [-0.25, -0.2) is 4.57 Å². The molecular formula is C29H56NO8P. The molecule has 0 spiro atoms. The van der Waals surface area contributed by atoms with E-state index in [-0.39, 0.29) is 32.1 Å². The minimum absolute atomic E-state index is 0.0564. The maximum absolute atomic E-state index is 11.8. The normalized spacial score (nSPS) is 13.8. The first-order chi connectivity index (χ1) is 18.8. The zero-order chi connectivity index (χ0) is 29.0. The molecule has 0 aliphatic carbocycles. The molecule has 0 saturated carbocycles. The van der Waals surface area contributed by atoms with Gasteiger partial charge in [0.25, 0.3) is 0 Å². The molecule has 2 atom stereocenters. The smallest absolute Gasteiger partial charge is 0.463 e. The lowest BCUT2D eigenvalue weighted by Gasteiger charge is -2.15. The zero-order valence-corrected chi connectivity index (χ0v) is 25.5. The quantitative estimate of drug-likeness (QED) is 0.0402. The number of allylic oxidation sites excluding steroid dienone is 2. The third kappa shape index (κ3) is 29.6. The van der Waals surface area contributed by atoms with E-state index in [4.69, 9.17) is 4.74 Å². The largest absolute Gasteiger partial charge is 0.472 e. The van der Waals surface area contributed by atoms with Gasteiger partial charge in [0, 0.05) is 19.9 Å². The Bertz CT molecular complexity index is 674. The molecule has 3 N–H and O–H groups in total. The van der Waals surface area contributed by atoms with Crippen molar-refractivity contribution < 1.29 is 37.9 Å². The first-order valence-electron chi connectivity index (χ1n) is 15.1. The summed E-state index contributed by atoms with van der Waals surface area (Å²) < 4.78 is 26.0. The number of aliphatic hydroxyl groups is 1. The number of ether oxygens (including phenoxy) is 1. The molecule has 0 bridgehead atoms. The van der Waals surface area contributed by atoms with E-state index in [2.05, 4.69) is 33.4 Å². The lowest BCUT2D eigenvalue weighted by atomic mass is 10.1. The molecule has 0 fully saturated rings. The number of phosphoric ester groups is 1. The summed E-state index contributed by atoms with van der Waals surface area (Å²) in [6.45, 7) is 2.58. The Morgan fingerprint density at radius 1 is 0.795 bits per heavy atom. The molecule has 0 aliphatic rings. The monoisotopic (exact) mass is 577 g/mol. The molecule has 0 aromatic heterocycles. The van der Waals surface area contributed by atoms with Crippen LogP contribution in [0, 0.1) is 0 Å². The molecule has 230 valence electrons. The van der Waals surface area contributed by atoms with Crippen molar-refractivity contribution in [1.82, 2.24) is 5.32 Å². The average Bonchev–Trinajstić information content (AvgIpc) is 2.90. The van der Waals surface area contributed by atoms with E-state index in [1.807, 2.05) is 0 Å². The lowest BCUT2D eigenvalue weighted by Crippen LogP contribution is -2.25. The van der Waals surface area contributed by atoms with Crippen LogP contribution in [0.2, 0.25) is 0 Å². The van der Waals surface area contributed by atoms with Crippen LogP contribution < -0.4 is 5.32 Å². The maximum Gasteiger partial charge on any atom is 0.472 e. The van der Waals surface area contributed by atoms with Gasteiger partial charge in [0.2, 0.25) is 5.91 Å². The molecule has 2 unspecified atom stereocenters. The van der Waals surface area contributed by atoms with Crippen molar-refractivity contribution in [2.75, 3.05) is 26.4 Å². The fourth-order valence-electron chi connectivity index (χ4n) is 3.96. The number of hydrogen-bond donors (Lipinski definition) is 3. The highest BCUT2D eigenvalue weighted by molar-refractivity contribution is 7.47. The van der Waals surface area contributed by atoms with Gasteiger partial charge < -0.3 is 20.1 Å². The van der Waals surface area contributed by atoms with Gasteiger partial charge in [0.1, 0.15) is 12.7 Å². The number of hydrogen-bond acceptors (Lipinski definition) is 7. The van der Waals surface area contributed by atoms with Gasteiger partial charge in [-0.3, -0.25) is 18.6 Å². The summed E-state index contributed by atoms with van der Waals surface area (Å²) in [6.07, 6.45) is 24.7. The van der Waals surface area contributed by atoms with Crippen LogP contribution in [-0.4, -0.2) is 54.3 Å². The van der Waals surface area contributed by atoms with E-state index < -0.39 is 26.5 Å². The van der Waals surface area contributed by atoms with E-state index in [1.54, 1.807) is 0 Å². The van der Waals surface area contributed by atoms with E-state index in [0.717, 1.165) is 19.3 Å². The van der Waals surface area contributed by atoms with Crippen LogP contribution in [0.5, 0.6) is 0 Å². The van der Waals surface area contributed by atoms with Crippen molar-refractivity contribution in [2.24, 2.45) is 0 Å². The number of esters is 1. The summed E-state index contributed by atoms with van der Waals surface area (Å²) in [4.78, 5) is 32.1. The first-order valence-corrected chi connectivity index (χ1v) is 16.6. The highest BCUT2D eigenvalue weighted by Crippen LogP contribution is 2.42. The minimum atomic E-state index is -4.36. The topological polar surface area (TPSA) is 131 Å². The Hall–Kier alpha value is -1.25. The Kier molecular flexibility index (Phi) is 26.1. The minimum Gasteiger partial charge on any atom is -0.463 e. The third-order valence-electron chi connectivity index (χ3n) is 6.24. The molecule has 39 heavy (non-hydrogen) atoms. The molecule has 9 nitrogen and oxygen atoms in total. The molecular weight excluding hydrogens is 521 g/mol. The fourth-order valence-corrected chi connectivity index (χ4v) is 4.72. The van der Waals surface area contributed by atoms with Gasteiger partial charge in [-0.1, -0.05) is 96.1 Å². The van der Waals surface area contributed by atoms with Crippen molar-refractivity contribution in [3.05, 3.63) is 12.2 Å². The predicted octanol–water partition coefficient (Wildman–Crippen LogP) is 6.76. The van der Waals surface area contributed by atoms with E-state index >= 15 is 0 Å². The summed E-state index contributed by atoms with van der Waals surface area (Å²) in [7, 11) is -4.36. The van der Waals surface area contributed by atoms with Crippen LogP contribution in [0.25, 0.3) is 0 Å². The van der Waals surface area contributed by atoms with Gasteiger partial charge >= 0.3 is 13.8 Å². The van der Waals surface area contributed by atoms with Crippen LogP contribution >= 0.6 is 7.82 Å². The van der Waals surface area contributed by atoms with Gasteiger partial charge in [-0.05, 0) is 32.1 Å². The van der Waals surface area contributed by atoms with Crippen LogP contribution in [0.3, 0.4) is 0 Å². The summed E-state index contributed by atoms with van der Waals surface area (Å²) in [6, 6.07) is 0. The first kappa shape index (κ1) is 37.8. The number of carbonyl (C=O) groups is 2. The van der Waals surface area contributed by atoms with Crippen LogP contribution in [0.1, 0.15) is 129 Å². The fraction of sp³-hybridized carbons (Fsp3) is 0.862. The van der Waals surface area contributed by atoms with Crippen LogP contribution in [0.15, 0.2) is 12.2 Å². The molecule has 10 heteroatoms. The van der Waals surface area contributed by atoms with E-state index in [1.165, 1.54) is 96.8 Å². The second-order valence-electron chi connectivity index (χ2n) is 10.2. The molecule has 1 amide bonds. The van der Waals surface area contributed by atoms with Crippen molar-refractivity contribution in [3.8, 4) is 0 Å². The van der Waals surface area contributed by atoms with Crippen LogP contribution in [0.4, 0.5) is 0 Å². The Labute approximate surface area is 237 Å². The number of unbranched alkanes of at least 4 members (excludes halogenated alkanes) is 15. The van der Waals surface area contributed by atoms with Gasteiger partial charge in [0.05, 0.1) is 13.2 Å². The average molecular weight is 578 g/mol. The second kappa shape index (κ2) is 26.9. The van der Waals surface area contributed by atoms with Crippen molar-refractivity contribution in [1.29, 1.82) is 0 Å². The summed E-state index contributed by atoms with van der Waals surface area (Å²) in [5.74, 6) is -0.697. The molecule has 0 aliphatic heterocycles. The van der Waals surface area contributed by atoms with E-state index in [0.29, 0.717) is 0 Å². The number of amides is 1. The highest BCUT2D eigenvalue weighted by atomic mass is 31.2. The molecule has 0 heterocycles. The molecule has 0 aromatic carbocycles. The summed E-state index contributed by atoms with van der Waals surface area (Å²) in [5.41, 5.74) is 0. The Morgan fingerprint density at radius 2 is 1.31 bits per heavy atom. The number of carbonyl (C=O) groups excluding carboxylic acids is 2. The van der Waals surface area contributed by atoms with Crippen molar-refractivity contribution >= 4 is 19.7 Å². The number of rotatable bonds is 28. The summed E-state index contributed by atoms with van der Waals surface area (Å²) in [5, 5.41) is 12.2. The van der Waals surface area contributed by atoms with Gasteiger partial charge in [0.15, 0.2) is 0 Å². The van der Waals surface area contributed by atoms with Crippen molar-refractivity contribution in [2.45, 2.75) is 136 Å². The highest BCUT2D eigenvalue weighted by Gasteiger charge is 2.23.